The molecule has 2 N–H and O–H groups in total. The van der Waals surface area contributed by atoms with Crippen LogP contribution in [0.25, 0.3) is 0 Å². The number of urea groups is 1. The molecule has 1 fully saturated rings. The highest BCUT2D eigenvalue weighted by molar-refractivity contribution is 5.83. The highest BCUT2D eigenvalue weighted by Gasteiger charge is 2.34. The highest BCUT2D eigenvalue weighted by atomic mass is 16.4. The molecule has 6 nitrogen and oxygen atoms in total. The van der Waals surface area contributed by atoms with Crippen molar-refractivity contribution in [2.75, 3.05) is 6.54 Å². The molecule has 0 radical (unpaired) electrons. The van der Waals surface area contributed by atoms with Crippen molar-refractivity contribution in [3.8, 4) is 6.07 Å². The predicted octanol–water partition coefficient (Wildman–Crippen LogP) is 1.18. The number of carbonyl (C=O) groups is 2. The second kappa shape index (κ2) is 6.24. The van der Waals surface area contributed by atoms with Gasteiger partial charge < -0.3 is 15.3 Å². The van der Waals surface area contributed by atoms with Gasteiger partial charge in [-0.25, -0.2) is 9.59 Å². The minimum absolute atomic E-state index is 0.167. The molecule has 1 aliphatic rings. The topological polar surface area (TPSA) is 93.4 Å². The molecule has 0 aliphatic heterocycles. The average Bonchev–Trinajstić information content (AvgIpc) is 3.09. The molecule has 0 aromatic carbocycles. The van der Waals surface area contributed by atoms with Gasteiger partial charge in [-0.3, -0.25) is 0 Å². The van der Waals surface area contributed by atoms with Crippen LogP contribution in [0.15, 0.2) is 0 Å². The Balaban J connectivity index is 2.60. The van der Waals surface area contributed by atoms with Crippen LogP contribution in [0.3, 0.4) is 0 Å². The first-order valence-electron chi connectivity index (χ1n) is 6.14. The molecular weight excluding hydrogens is 234 g/mol. The average molecular weight is 253 g/mol. The number of hydrogen-bond acceptors (Lipinski definition) is 3. The van der Waals surface area contributed by atoms with Gasteiger partial charge in [-0.2, -0.15) is 5.26 Å². The molecule has 1 rings (SSSR count). The van der Waals surface area contributed by atoms with E-state index in [2.05, 4.69) is 5.32 Å². The first-order valence-corrected chi connectivity index (χ1v) is 6.14. The van der Waals surface area contributed by atoms with Gasteiger partial charge in [-0.1, -0.05) is 13.8 Å². The SMILES string of the molecule is CC(C)C(NC(=O)N(CCC#N)C1CC1)C(=O)O. The lowest BCUT2D eigenvalue weighted by Crippen LogP contribution is -2.51. The second-order valence-corrected chi connectivity index (χ2v) is 4.84. The van der Waals surface area contributed by atoms with Crippen molar-refractivity contribution < 1.29 is 14.7 Å². The summed E-state index contributed by atoms with van der Waals surface area (Å²) in [6.45, 7) is 3.85. The van der Waals surface area contributed by atoms with E-state index < -0.39 is 12.0 Å². The number of amides is 2. The predicted molar refractivity (Wildman–Crippen MR) is 64.8 cm³/mol. The Morgan fingerprint density at radius 2 is 2.11 bits per heavy atom. The Hall–Kier alpha value is -1.77. The van der Waals surface area contributed by atoms with Crippen molar-refractivity contribution in [3.63, 3.8) is 0 Å². The zero-order valence-electron chi connectivity index (χ0n) is 10.7. The van der Waals surface area contributed by atoms with E-state index in [0.29, 0.717) is 6.54 Å². The zero-order chi connectivity index (χ0) is 13.7. The molecule has 0 aromatic heterocycles. The molecule has 100 valence electrons. The molecule has 0 saturated heterocycles. The number of carbonyl (C=O) groups excluding carboxylic acids is 1. The Bertz CT molecular complexity index is 358. The van der Waals surface area contributed by atoms with E-state index in [1.165, 1.54) is 0 Å². The lowest BCUT2D eigenvalue weighted by molar-refractivity contribution is -0.140. The number of nitrogens with zero attached hydrogens (tertiary/aromatic N) is 2. The van der Waals surface area contributed by atoms with Gasteiger partial charge >= 0.3 is 12.0 Å². The number of carboxylic acids is 1. The Labute approximate surface area is 107 Å². The summed E-state index contributed by atoms with van der Waals surface area (Å²) in [5.74, 6) is -1.21. The number of nitriles is 1. The summed E-state index contributed by atoms with van der Waals surface area (Å²) in [5, 5.41) is 20.1. The highest BCUT2D eigenvalue weighted by Crippen LogP contribution is 2.27. The van der Waals surface area contributed by atoms with Crippen molar-refractivity contribution in [3.05, 3.63) is 0 Å². The number of rotatable bonds is 6. The van der Waals surface area contributed by atoms with Gasteiger partial charge in [0.1, 0.15) is 6.04 Å². The van der Waals surface area contributed by atoms with Crippen molar-refractivity contribution >= 4 is 12.0 Å². The maximum Gasteiger partial charge on any atom is 0.326 e. The second-order valence-electron chi connectivity index (χ2n) is 4.84. The van der Waals surface area contributed by atoms with Crippen LogP contribution in [-0.2, 0) is 4.79 Å². The lowest BCUT2D eigenvalue weighted by atomic mass is 10.1. The van der Waals surface area contributed by atoms with E-state index >= 15 is 0 Å². The Morgan fingerprint density at radius 3 is 2.50 bits per heavy atom. The van der Waals surface area contributed by atoms with Crippen LogP contribution in [0.2, 0.25) is 0 Å². The van der Waals surface area contributed by atoms with Crippen molar-refractivity contribution in [2.45, 2.75) is 45.2 Å². The van der Waals surface area contributed by atoms with E-state index in [-0.39, 0.29) is 24.4 Å². The van der Waals surface area contributed by atoms with Gasteiger partial charge in [0.15, 0.2) is 0 Å². The van der Waals surface area contributed by atoms with Crippen LogP contribution in [0.5, 0.6) is 0 Å². The number of hydrogen-bond donors (Lipinski definition) is 2. The van der Waals surface area contributed by atoms with Gasteiger partial charge in [-0.05, 0) is 18.8 Å². The molecule has 0 heterocycles. The first kappa shape index (κ1) is 14.3. The molecule has 0 spiro atoms. The number of aliphatic carboxylic acids is 1. The summed E-state index contributed by atoms with van der Waals surface area (Å²) in [5.41, 5.74) is 0. The van der Waals surface area contributed by atoms with E-state index in [1.807, 2.05) is 6.07 Å². The summed E-state index contributed by atoms with van der Waals surface area (Å²) >= 11 is 0. The van der Waals surface area contributed by atoms with Gasteiger partial charge in [0.2, 0.25) is 0 Å². The van der Waals surface area contributed by atoms with Crippen LogP contribution in [-0.4, -0.2) is 40.6 Å². The third-order valence-electron chi connectivity index (χ3n) is 2.92. The first-order chi connectivity index (χ1) is 8.47. The molecule has 1 saturated carbocycles. The van der Waals surface area contributed by atoms with E-state index in [9.17, 15) is 9.59 Å². The molecular formula is C12H19N3O3. The molecule has 1 atom stereocenters. The normalized spacial score (nSPS) is 15.9. The van der Waals surface area contributed by atoms with Crippen molar-refractivity contribution in [1.29, 1.82) is 5.26 Å². The maximum absolute atomic E-state index is 12.0. The monoisotopic (exact) mass is 253 g/mol. The summed E-state index contributed by atoms with van der Waals surface area (Å²) in [6, 6.07) is 0.894. The third kappa shape index (κ3) is 3.91. The van der Waals surface area contributed by atoms with Gasteiger partial charge in [0, 0.05) is 12.6 Å². The summed E-state index contributed by atoms with van der Waals surface area (Å²) in [6.07, 6.45) is 2.12. The van der Waals surface area contributed by atoms with Crippen LogP contribution >= 0.6 is 0 Å². The summed E-state index contributed by atoms with van der Waals surface area (Å²) < 4.78 is 0. The molecule has 6 heteroatoms. The van der Waals surface area contributed by atoms with Crippen LogP contribution < -0.4 is 5.32 Å². The summed E-state index contributed by atoms with van der Waals surface area (Å²) in [4.78, 5) is 24.6. The Morgan fingerprint density at radius 1 is 1.50 bits per heavy atom. The fraction of sp³-hybridized carbons (Fsp3) is 0.750. The van der Waals surface area contributed by atoms with Crippen LogP contribution in [0, 0.1) is 17.2 Å². The fourth-order valence-corrected chi connectivity index (χ4v) is 1.74. The van der Waals surface area contributed by atoms with E-state index in [0.717, 1.165) is 12.8 Å². The third-order valence-corrected chi connectivity index (χ3v) is 2.92. The zero-order valence-corrected chi connectivity index (χ0v) is 10.7. The van der Waals surface area contributed by atoms with Crippen molar-refractivity contribution in [1.82, 2.24) is 10.2 Å². The molecule has 0 aromatic rings. The smallest absolute Gasteiger partial charge is 0.326 e. The summed E-state index contributed by atoms with van der Waals surface area (Å²) in [7, 11) is 0. The molecule has 18 heavy (non-hydrogen) atoms. The minimum atomic E-state index is -1.03. The lowest BCUT2D eigenvalue weighted by Gasteiger charge is -2.25. The largest absolute Gasteiger partial charge is 0.480 e. The fourth-order valence-electron chi connectivity index (χ4n) is 1.74. The Kier molecular flexibility index (Phi) is 4.95. The van der Waals surface area contributed by atoms with Crippen LogP contribution in [0.4, 0.5) is 4.79 Å². The number of carboxylic acid groups (broad SMARTS) is 1. The van der Waals surface area contributed by atoms with Crippen molar-refractivity contribution in [2.24, 2.45) is 5.92 Å². The van der Waals surface area contributed by atoms with Gasteiger partial charge in [-0.15, -0.1) is 0 Å². The van der Waals surface area contributed by atoms with Gasteiger partial charge in [0.05, 0.1) is 12.5 Å². The maximum atomic E-state index is 12.0. The molecule has 0 bridgehead atoms. The molecule has 1 aliphatic carbocycles. The van der Waals surface area contributed by atoms with E-state index in [1.54, 1.807) is 18.7 Å². The quantitative estimate of drug-likeness (QED) is 0.743. The molecule has 1 unspecified atom stereocenters. The van der Waals surface area contributed by atoms with E-state index in [4.69, 9.17) is 10.4 Å². The number of nitrogens with one attached hydrogen (secondary N) is 1. The minimum Gasteiger partial charge on any atom is -0.480 e. The molecule has 2 amide bonds. The van der Waals surface area contributed by atoms with Crippen LogP contribution in [0.1, 0.15) is 33.1 Å². The standard InChI is InChI=1S/C12H19N3O3/c1-8(2)10(11(16)17)14-12(18)15(7-3-6-13)9-4-5-9/h8-10H,3-5,7H2,1-2H3,(H,14,18)(H,16,17). The van der Waals surface area contributed by atoms with Gasteiger partial charge in [0.25, 0.3) is 0 Å².